The number of nitrogens with zero attached hydrogens (tertiary/aromatic N) is 2. The molecule has 0 aliphatic carbocycles. The first-order chi connectivity index (χ1) is 12.8. The van der Waals surface area contributed by atoms with Gasteiger partial charge in [-0.05, 0) is 44.2 Å². The summed E-state index contributed by atoms with van der Waals surface area (Å²) in [7, 11) is 1.86. The Bertz CT molecular complexity index is 706. The monoisotopic (exact) mass is 376 g/mol. The van der Waals surface area contributed by atoms with Crippen LogP contribution < -0.4 is 4.74 Å². The molecule has 0 fully saturated rings. The summed E-state index contributed by atoms with van der Waals surface area (Å²) in [6.07, 6.45) is 0. The molecule has 146 valence electrons. The van der Waals surface area contributed by atoms with Crippen LogP contribution in [0.1, 0.15) is 25.0 Å². The van der Waals surface area contributed by atoms with Crippen LogP contribution in [0.5, 0.6) is 5.75 Å². The van der Waals surface area contributed by atoms with Gasteiger partial charge in [-0.1, -0.05) is 42.5 Å². The van der Waals surface area contributed by atoms with Crippen molar-refractivity contribution in [2.75, 3.05) is 13.6 Å². The smallest absolute Gasteiger partial charge is 0.387 e. The quantitative estimate of drug-likeness (QED) is 0.659. The zero-order chi connectivity index (χ0) is 19.8. The number of ether oxygens (including phenoxy) is 1. The lowest BCUT2D eigenvalue weighted by Gasteiger charge is -2.29. The molecular formula is C21H26F2N2O2. The Kier molecular flexibility index (Phi) is 7.73. The van der Waals surface area contributed by atoms with Crippen molar-refractivity contribution in [3.63, 3.8) is 0 Å². The first kappa shape index (κ1) is 20.8. The summed E-state index contributed by atoms with van der Waals surface area (Å²) in [6.45, 7) is 2.57. The van der Waals surface area contributed by atoms with Gasteiger partial charge in [-0.15, -0.1) is 0 Å². The Balaban J connectivity index is 1.92. The molecule has 0 aliphatic heterocycles. The van der Waals surface area contributed by atoms with Crippen molar-refractivity contribution >= 4 is 5.91 Å². The van der Waals surface area contributed by atoms with Crippen molar-refractivity contribution in [1.29, 1.82) is 0 Å². The Hall–Kier alpha value is -2.47. The van der Waals surface area contributed by atoms with Gasteiger partial charge in [0.2, 0.25) is 5.91 Å². The maximum absolute atomic E-state index is 12.7. The molecule has 0 unspecified atom stereocenters. The Labute approximate surface area is 159 Å². The third kappa shape index (κ3) is 6.98. The van der Waals surface area contributed by atoms with E-state index in [4.69, 9.17) is 0 Å². The van der Waals surface area contributed by atoms with E-state index < -0.39 is 6.61 Å². The van der Waals surface area contributed by atoms with Gasteiger partial charge in [0.1, 0.15) is 5.75 Å². The molecule has 0 saturated carbocycles. The summed E-state index contributed by atoms with van der Waals surface area (Å²) in [5.74, 6) is 0.176. The zero-order valence-corrected chi connectivity index (χ0v) is 15.9. The minimum atomic E-state index is -2.83. The fourth-order valence-corrected chi connectivity index (χ4v) is 2.80. The van der Waals surface area contributed by atoms with E-state index in [-0.39, 0.29) is 24.2 Å². The molecule has 2 rings (SSSR count). The van der Waals surface area contributed by atoms with Crippen LogP contribution in [0.4, 0.5) is 8.78 Å². The number of benzene rings is 2. The molecule has 6 heteroatoms. The number of hydrogen-bond acceptors (Lipinski definition) is 3. The van der Waals surface area contributed by atoms with Gasteiger partial charge in [-0.25, -0.2) is 0 Å². The van der Waals surface area contributed by atoms with E-state index in [0.29, 0.717) is 13.1 Å². The standard InChI is InChI=1S/C21H26F2N2O2/c1-16(2)25(14-17-7-5-4-6-8-17)20(26)15-24(3)13-18-9-11-19(12-10-18)27-21(22)23/h4-12,16,21H,13-15H2,1-3H3. The van der Waals surface area contributed by atoms with Crippen molar-refractivity contribution in [2.45, 2.75) is 39.6 Å². The molecule has 2 aromatic rings. The highest BCUT2D eigenvalue weighted by Gasteiger charge is 2.19. The lowest BCUT2D eigenvalue weighted by atomic mass is 10.2. The minimum Gasteiger partial charge on any atom is -0.435 e. The topological polar surface area (TPSA) is 32.8 Å². The summed E-state index contributed by atoms with van der Waals surface area (Å²) in [4.78, 5) is 16.5. The van der Waals surface area contributed by atoms with Crippen LogP contribution in [0.2, 0.25) is 0 Å². The molecule has 0 aliphatic rings. The van der Waals surface area contributed by atoms with Gasteiger partial charge in [0.25, 0.3) is 0 Å². The van der Waals surface area contributed by atoms with Crippen LogP contribution >= 0.6 is 0 Å². The van der Waals surface area contributed by atoms with Gasteiger partial charge in [-0.3, -0.25) is 9.69 Å². The number of halogens is 2. The molecule has 0 radical (unpaired) electrons. The van der Waals surface area contributed by atoms with Gasteiger partial charge < -0.3 is 9.64 Å². The SMILES string of the molecule is CC(C)N(Cc1ccccc1)C(=O)CN(C)Cc1ccc(OC(F)F)cc1. The minimum absolute atomic E-state index is 0.0500. The van der Waals surface area contributed by atoms with E-state index in [1.807, 2.05) is 61.0 Å². The predicted molar refractivity (Wildman–Crippen MR) is 102 cm³/mol. The second-order valence-corrected chi connectivity index (χ2v) is 6.80. The van der Waals surface area contributed by atoms with Crippen LogP contribution in [0.25, 0.3) is 0 Å². The van der Waals surface area contributed by atoms with E-state index >= 15 is 0 Å². The predicted octanol–water partition coefficient (Wildman–Crippen LogP) is 4.16. The number of amides is 1. The normalized spacial score (nSPS) is 11.3. The Morgan fingerprint density at radius 3 is 2.11 bits per heavy atom. The van der Waals surface area contributed by atoms with E-state index in [9.17, 15) is 13.6 Å². The highest BCUT2D eigenvalue weighted by atomic mass is 19.3. The van der Waals surface area contributed by atoms with Crippen LogP contribution in [0, 0.1) is 0 Å². The van der Waals surface area contributed by atoms with Crippen molar-refractivity contribution in [3.8, 4) is 5.75 Å². The third-order valence-electron chi connectivity index (χ3n) is 4.15. The number of likely N-dealkylation sites (N-methyl/N-ethyl adjacent to an activating group) is 1. The molecule has 0 N–H and O–H groups in total. The van der Waals surface area contributed by atoms with Crippen molar-refractivity contribution in [1.82, 2.24) is 9.80 Å². The van der Waals surface area contributed by atoms with Gasteiger partial charge in [0.15, 0.2) is 0 Å². The molecule has 0 saturated heterocycles. The van der Waals surface area contributed by atoms with Gasteiger partial charge in [0.05, 0.1) is 6.54 Å². The molecular weight excluding hydrogens is 350 g/mol. The fourth-order valence-electron chi connectivity index (χ4n) is 2.80. The molecule has 0 heterocycles. The first-order valence-electron chi connectivity index (χ1n) is 8.91. The van der Waals surface area contributed by atoms with E-state index in [1.165, 1.54) is 12.1 Å². The molecule has 1 amide bonds. The number of hydrogen-bond donors (Lipinski definition) is 0. The summed E-state index contributed by atoms with van der Waals surface area (Å²) in [5.41, 5.74) is 2.02. The average molecular weight is 376 g/mol. The maximum atomic E-state index is 12.7. The summed E-state index contributed by atoms with van der Waals surface area (Å²) in [6, 6.07) is 16.5. The highest BCUT2D eigenvalue weighted by molar-refractivity contribution is 5.78. The molecule has 0 spiro atoms. The second kappa shape index (κ2) is 10.0. The maximum Gasteiger partial charge on any atom is 0.387 e. The molecule has 0 atom stereocenters. The fraction of sp³-hybridized carbons (Fsp3) is 0.381. The molecule has 0 aromatic heterocycles. The average Bonchev–Trinajstić information content (AvgIpc) is 2.61. The largest absolute Gasteiger partial charge is 0.435 e. The van der Waals surface area contributed by atoms with E-state index in [0.717, 1.165) is 11.1 Å². The molecule has 4 nitrogen and oxygen atoms in total. The Morgan fingerprint density at radius 1 is 0.963 bits per heavy atom. The Morgan fingerprint density at radius 2 is 1.56 bits per heavy atom. The van der Waals surface area contributed by atoms with Gasteiger partial charge in [-0.2, -0.15) is 8.78 Å². The highest BCUT2D eigenvalue weighted by Crippen LogP contribution is 2.16. The zero-order valence-electron chi connectivity index (χ0n) is 15.9. The van der Waals surface area contributed by atoms with Crippen LogP contribution in [-0.4, -0.2) is 42.0 Å². The number of rotatable bonds is 9. The van der Waals surface area contributed by atoms with E-state index in [2.05, 4.69) is 4.74 Å². The first-order valence-corrected chi connectivity index (χ1v) is 8.91. The molecule has 0 bridgehead atoms. The van der Waals surface area contributed by atoms with Crippen molar-refractivity contribution < 1.29 is 18.3 Å². The van der Waals surface area contributed by atoms with Crippen LogP contribution in [0.15, 0.2) is 54.6 Å². The lowest BCUT2D eigenvalue weighted by molar-refractivity contribution is -0.134. The van der Waals surface area contributed by atoms with Gasteiger partial charge in [0, 0.05) is 19.1 Å². The summed E-state index contributed by atoms with van der Waals surface area (Å²) >= 11 is 0. The number of carbonyl (C=O) groups excluding carboxylic acids is 1. The number of carbonyl (C=O) groups is 1. The van der Waals surface area contributed by atoms with Crippen LogP contribution in [0.3, 0.4) is 0 Å². The number of alkyl halides is 2. The van der Waals surface area contributed by atoms with Gasteiger partial charge >= 0.3 is 6.61 Å². The lowest BCUT2D eigenvalue weighted by Crippen LogP contribution is -2.42. The summed E-state index contributed by atoms with van der Waals surface area (Å²) in [5, 5.41) is 0. The molecule has 2 aromatic carbocycles. The van der Waals surface area contributed by atoms with Crippen molar-refractivity contribution in [2.24, 2.45) is 0 Å². The summed E-state index contributed by atoms with van der Waals surface area (Å²) < 4.78 is 28.7. The van der Waals surface area contributed by atoms with Crippen molar-refractivity contribution in [3.05, 3.63) is 65.7 Å². The second-order valence-electron chi connectivity index (χ2n) is 6.80. The van der Waals surface area contributed by atoms with E-state index in [1.54, 1.807) is 12.1 Å². The third-order valence-corrected chi connectivity index (χ3v) is 4.15. The molecule has 27 heavy (non-hydrogen) atoms. The van der Waals surface area contributed by atoms with Crippen LogP contribution in [-0.2, 0) is 17.9 Å².